The van der Waals surface area contributed by atoms with E-state index in [0.717, 1.165) is 31.9 Å². The third-order valence-electron chi connectivity index (χ3n) is 2.97. The number of azide groups is 1. The summed E-state index contributed by atoms with van der Waals surface area (Å²) in [7, 11) is 0. The summed E-state index contributed by atoms with van der Waals surface area (Å²) in [5, 5.41) is 13.6. The molecule has 1 aromatic carbocycles. The van der Waals surface area contributed by atoms with Gasteiger partial charge in [-0.3, -0.25) is 4.90 Å². The van der Waals surface area contributed by atoms with Crippen LogP contribution in [0.2, 0.25) is 0 Å². The zero-order chi connectivity index (χ0) is 12.8. The predicted octanol–water partition coefficient (Wildman–Crippen LogP) is 1.99. The minimum atomic E-state index is -0.525. The van der Waals surface area contributed by atoms with E-state index in [0.29, 0.717) is 12.2 Å². The number of aliphatic hydroxyl groups excluding tert-OH is 1. The van der Waals surface area contributed by atoms with Gasteiger partial charge in [0.1, 0.15) is 0 Å². The van der Waals surface area contributed by atoms with Gasteiger partial charge in [-0.05, 0) is 11.1 Å². The van der Waals surface area contributed by atoms with Crippen LogP contribution in [0, 0.1) is 0 Å². The lowest BCUT2D eigenvalue weighted by atomic mass is 10.1. The fraction of sp³-hybridized carbons (Fsp3) is 0.500. The molecule has 1 atom stereocenters. The molecule has 0 bridgehead atoms. The topological polar surface area (TPSA) is 81.5 Å². The van der Waals surface area contributed by atoms with Gasteiger partial charge in [-0.25, -0.2) is 0 Å². The first-order chi connectivity index (χ1) is 8.79. The highest BCUT2D eigenvalue weighted by Gasteiger charge is 2.15. The molecule has 1 aromatic rings. The molecule has 1 fully saturated rings. The van der Waals surface area contributed by atoms with E-state index in [1.807, 2.05) is 0 Å². The van der Waals surface area contributed by atoms with Gasteiger partial charge in [-0.15, -0.1) is 0 Å². The third-order valence-corrected chi connectivity index (χ3v) is 2.97. The normalized spacial score (nSPS) is 18.1. The number of rotatable bonds is 4. The van der Waals surface area contributed by atoms with Crippen molar-refractivity contribution < 1.29 is 9.84 Å². The van der Waals surface area contributed by atoms with Gasteiger partial charge in [0, 0.05) is 30.2 Å². The Morgan fingerprint density at radius 3 is 2.61 bits per heavy atom. The van der Waals surface area contributed by atoms with Crippen LogP contribution in [0.4, 0.5) is 5.69 Å². The maximum atomic E-state index is 10.1. The van der Waals surface area contributed by atoms with Gasteiger partial charge in [0.2, 0.25) is 0 Å². The van der Waals surface area contributed by atoms with Crippen LogP contribution < -0.4 is 0 Å². The Hall–Kier alpha value is -1.59. The highest BCUT2D eigenvalue weighted by Crippen LogP contribution is 2.19. The van der Waals surface area contributed by atoms with Crippen LogP contribution >= 0.6 is 0 Å². The molecular weight excluding hydrogens is 232 g/mol. The molecule has 0 aromatic heterocycles. The summed E-state index contributed by atoms with van der Waals surface area (Å²) in [6.45, 7) is 3.76. The molecule has 96 valence electrons. The second-order valence-electron chi connectivity index (χ2n) is 4.21. The van der Waals surface area contributed by atoms with Crippen molar-refractivity contribution >= 4 is 5.69 Å². The van der Waals surface area contributed by atoms with E-state index in [1.54, 1.807) is 24.3 Å². The number of hydrogen-bond donors (Lipinski definition) is 1. The van der Waals surface area contributed by atoms with Gasteiger partial charge in [-0.1, -0.05) is 29.4 Å². The number of hydrogen-bond acceptors (Lipinski definition) is 4. The molecule has 6 nitrogen and oxygen atoms in total. The van der Waals surface area contributed by atoms with Crippen molar-refractivity contribution in [1.29, 1.82) is 0 Å². The first-order valence-electron chi connectivity index (χ1n) is 5.93. The van der Waals surface area contributed by atoms with E-state index in [-0.39, 0.29) is 0 Å². The molecule has 18 heavy (non-hydrogen) atoms. The Balaban J connectivity index is 1.95. The average Bonchev–Trinajstić information content (AvgIpc) is 2.41. The summed E-state index contributed by atoms with van der Waals surface area (Å²) in [5.74, 6) is 0. The van der Waals surface area contributed by atoms with Crippen molar-refractivity contribution in [1.82, 2.24) is 4.90 Å². The standard InChI is InChI=1S/C12H16N4O2/c13-15-14-11-3-1-10(2-4-11)12(17)9-16-5-7-18-8-6-16/h1-4,12,17H,5-9H2. The summed E-state index contributed by atoms with van der Waals surface area (Å²) in [6.07, 6.45) is -0.525. The molecule has 0 spiro atoms. The zero-order valence-corrected chi connectivity index (χ0v) is 10.1. The smallest absolute Gasteiger partial charge is 0.0916 e. The SMILES string of the molecule is [N-]=[N+]=Nc1ccc(C(O)CN2CCOCC2)cc1. The Morgan fingerprint density at radius 2 is 2.00 bits per heavy atom. The second kappa shape index (κ2) is 6.37. The van der Waals surface area contributed by atoms with E-state index < -0.39 is 6.10 Å². The molecule has 1 aliphatic heterocycles. The minimum Gasteiger partial charge on any atom is -0.387 e. The fourth-order valence-electron chi connectivity index (χ4n) is 1.95. The summed E-state index contributed by atoms with van der Waals surface area (Å²) in [5.41, 5.74) is 9.69. The van der Waals surface area contributed by atoms with Crippen LogP contribution in [0.25, 0.3) is 10.4 Å². The van der Waals surface area contributed by atoms with Crippen molar-refractivity contribution in [3.05, 3.63) is 40.3 Å². The molecule has 2 rings (SSSR count). The van der Waals surface area contributed by atoms with E-state index in [9.17, 15) is 5.11 Å². The van der Waals surface area contributed by atoms with Crippen LogP contribution in [0.3, 0.4) is 0 Å². The van der Waals surface area contributed by atoms with E-state index >= 15 is 0 Å². The number of ether oxygens (including phenoxy) is 1. The molecule has 0 amide bonds. The summed E-state index contributed by atoms with van der Waals surface area (Å²) in [4.78, 5) is 4.89. The van der Waals surface area contributed by atoms with Crippen LogP contribution in [0.5, 0.6) is 0 Å². The highest BCUT2D eigenvalue weighted by atomic mass is 16.5. The van der Waals surface area contributed by atoms with E-state index in [2.05, 4.69) is 14.9 Å². The molecular formula is C12H16N4O2. The molecule has 1 aliphatic rings. The third kappa shape index (κ3) is 3.45. The van der Waals surface area contributed by atoms with Gasteiger partial charge in [0.15, 0.2) is 0 Å². The summed E-state index contributed by atoms with van der Waals surface area (Å²) < 4.78 is 5.26. The molecule has 1 heterocycles. The highest BCUT2D eigenvalue weighted by molar-refractivity contribution is 5.39. The van der Waals surface area contributed by atoms with Crippen LogP contribution in [0.15, 0.2) is 29.4 Å². The lowest BCUT2D eigenvalue weighted by Crippen LogP contribution is -2.38. The van der Waals surface area contributed by atoms with Crippen LogP contribution in [-0.4, -0.2) is 42.9 Å². The van der Waals surface area contributed by atoms with Crippen molar-refractivity contribution in [3.63, 3.8) is 0 Å². The second-order valence-corrected chi connectivity index (χ2v) is 4.21. The van der Waals surface area contributed by atoms with Crippen LogP contribution in [-0.2, 0) is 4.74 Å². The number of β-amino-alcohol motifs (C(OH)–C–C–N with tert-alkyl or cyclic N) is 1. The number of benzene rings is 1. The van der Waals surface area contributed by atoms with Crippen molar-refractivity contribution in [2.75, 3.05) is 32.8 Å². The largest absolute Gasteiger partial charge is 0.387 e. The predicted molar refractivity (Wildman–Crippen MR) is 67.5 cm³/mol. The van der Waals surface area contributed by atoms with Crippen molar-refractivity contribution in [3.8, 4) is 0 Å². The van der Waals surface area contributed by atoms with Crippen molar-refractivity contribution in [2.45, 2.75) is 6.10 Å². The van der Waals surface area contributed by atoms with E-state index in [1.165, 1.54) is 0 Å². The monoisotopic (exact) mass is 248 g/mol. The Labute approximate surface area is 105 Å². The first-order valence-corrected chi connectivity index (χ1v) is 5.93. The maximum Gasteiger partial charge on any atom is 0.0916 e. The number of nitrogens with zero attached hydrogens (tertiary/aromatic N) is 4. The Morgan fingerprint density at radius 1 is 1.33 bits per heavy atom. The molecule has 6 heteroatoms. The number of aliphatic hydroxyl groups is 1. The zero-order valence-electron chi connectivity index (χ0n) is 10.1. The molecule has 0 radical (unpaired) electrons. The first kappa shape index (κ1) is 12.9. The quantitative estimate of drug-likeness (QED) is 0.502. The Kier molecular flexibility index (Phi) is 4.55. The maximum absolute atomic E-state index is 10.1. The molecule has 0 saturated carbocycles. The number of morpholine rings is 1. The fourth-order valence-corrected chi connectivity index (χ4v) is 1.95. The molecule has 1 unspecified atom stereocenters. The average molecular weight is 248 g/mol. The minimum absolute atomic E-state index is 0.525. The van der Waals surface area contributed by atoms with Crippen molar-refractivity contribution in [2.24, 2.45) is 5.11 Å². The van der Waals surface area contributed by atoms with Gasteiger partial charge in [0.25, 0.3) is 0 Å². The Bertz CT molecular complexity index is 422. The molecule has 0 aliphatic carbocycles. The van der Waals surface area contributed by atoms with Gasteiger partial charge >= 0.3 is 0 Å². The summed E-state index contributed by atoms with van der Waals surface area (Å²) in [6, 6.07) is 6.99. The van der Waals surface area contributed by atoms with E-state index in [4.69, 9.17) is 10.3 Å². The molecule has 1 saturated heterocycles. The van der Waals surface area contributed by atoms with Gasteiger partial charge in [-0.2, -0.15) is 0 Å². The lowest BCUT2D eigenvalue weighted by molar-refractivity contribution is 0.0143. The van der Waals surface area contributed by atoms with Crippen LogP contribution in [0.1, 0.15) is 11.7 Å². The lowest BCUT2D eigenvalue weighted by Gasteiger charge is -2.28. The summed E-state index contributed by atoms with van der Waals surface area (Å²) >= 11 is 0. The molecule has 1 N–H and O–H groups in total. The van der Waals surface area contributed by atoms with Gasteiger partial charge < -0.3 is 9.84 Å². The van der Waals surface area contributed by atoms with Gasteiger partial charge in [0.05, 0.1) is 19.3 Å².